The fraction of sp³-hybridized carbons (Fsp3) is 0.432. The van der Waals surface area contributed by atoms with E-state index in [1.807, 2.05) is 35.2 Å². The molecule has 29 heteroatoms. The van der Waals surface area contributed by atoms with Gasteiger partial charge in [0.15, 0.2) is 11.6 Å². The van der Waals surface area contributed by atoms with Crippen LogP contribution in [0.4, 0.5) is 23.0 Å². The van der Waals surface area contributed by atoms with Gasteiger partial charge in [0.2, 0.25) is 29.5 Å². The molecule has 4 saturated heterocycles. The van der Waals surface area contributed by atoms with Gasteiger partial charge in [-0.05, 0) is 99.2 Å². The molecule has 12 rings (SSSR count). The van der Waals surface area contributed by atoms with Gasteiger partial charge in [-0.2, -0.15) is 0 Å². The Morgan fingerprint density at radius 1 is 0.466 bits per heavy atom. The highest BCUT2D eigenvalue weighted by molar-refractivity contribution is 6.25. The number of nitrogens with one attached hydrogen (secondary N) is 3. The molecule has 0 saturated carbocycles. The lowest BCUT2D eigenvalue weighted by Crippen LogP contribution is -2.54. The summed E-state index contributed by atoms with van der Waals surface area (Å²) >= 11 is 0. The number of fused-ring (bicyclic) bond motifs is 2. The van der Waals surface area contributed by atoms with Crippen LogP contribution in [-0.2, 0) is 28.8 Å². The number of piperidine rings is 2. The van der Waals surface area contributed by atoms with Gasteiger partial charge in [0.05, 0.1) is 58.2 Å². The summed E-state index contributed by atoms with van der Waals surface area (Å²) in [5.74, 6) is -3.24. The van der Waals surface area contributed by atoms with E-state index in [1.54, 1.807) is 66.7 Å². The maximum absolute atomic E-state index is 13.2. The zero-order valence-corrected chi connectivity index (χ0v) is 57.5. The lowest BCUT2D eigenvalue weighted by atomic mass is 10.0. The molecule has 10 N–H and O–H groups in total. The summed E-state index contributed by atoms with van der Waals surface area (Å²) in [4.78, 5) is 131. The molecule has 6 aromatic rings. The first-order valence-electron chi connectivity index (χ1n) is 35.4. The van der Waals surface area contributed by atoms with Crippen molar-refractivity contribution in [2.75, 3.05) is 86.8 Å². The molecule has 2 atom stereocenters. The number of nitrogens with zero attached hydrogens (tertiary/aromatic N) is 9. The third-order valence-corrected chi connectivity index (χ3v) is 18.8. The average molecular weight is 1410 g/mol. The molecular formula is C74H88N14O15. The summed E-state index contributed by atoms with van der Waals surface area (Å²) in [6.45, 7) is 6.87. The van der Waals surface area contributed by atoms with Crippen molar-refractivity contribution in [3.63, 3.8) is 0 Å². The van der Waals surface area contributed by atoms with Gasteiger partial charge in [0, 0.05) is 89.2 Å². The number of benzene rings is 4. The maximum atomic E-state index is 13.2. The van der Waals surface area contributed by atoms with E-state index in [2.05, 4.69) is 46.1 Å². The minimum absolute atomic E-state index is 0.0670. The van der Waals surface area contributed by atoms with Gasteiger partial charge in [0.25, 0.3) is 23.6 Å². The third kappa shape index (κ3) is 18.9. The number of nitrogen functional groups attached to an aromatic ring is 2. The normalized spacial score (nSPS) is 17.2. The number of anilines is 4. The number of rotatable bonds is 28. The predicted octanol–water partition coefficient (Wildman–Crippen LogP) is 7.19. The molecular weight excluding hydrogens is 1320 g/mol. The highest BCUT2D eigenvalue weighted by Gasteiger charge is 2.48. The highest BCUT2D eigenvalue weighted by atomic mass is 16.5. The second-order valence-electron chi connectivity index (χ2n) is 25.9. The average Bonchev–Trinajstić information content (AvgIpc) is 1.61. The Bertz CT molecular complexity index is 4100. The van der Waals surface area contributed by atoms with E-state index in [-0.39, 0.29) is 71.8 Å². The fourth-order valence-corrected chi connectivity index (χ4v) is 13.3. The molecule has 6 aliphatic heterocycles. The van der Waals surface area contributed by atoms with Crippen molar-refractivity contribution in [3.8, 4) is 45.5 Å². The zero-order valence-electron chi connectivity index (χ0n) is 57.5. The summed E-state index contributed by atoms with van der Waals surface area (Å²) < 4.78 is 11.7. The molecule has 6 aliphatic rings. The number of carboxylic acid groups (broad SMARTS) is 1. The number of aromatic nitrogens is 4. The van der Waals surface area contributed by atoms with E-state index < -0.39 is 65.3 Å². The van der Waals surface area contributed by atoms with Gasteiger partial charge in [-0.3, -0.25) is 68.4 Å². The number of aliphatic carboxylic acids is 1. The number of hydrogen-bond donors (Lipinski definition) is 8. The van der Waals surface area contributed by atoms with Crippen molar-refractivity contribution >= 4 is 82.1 Å². The molecule has 103 heavy (non-hydrogen) atoms. The lowest BCUT2D eigenvalue weighted by Gasteiger charge is -2.36. The molecule has 29 nitrogen and oxygen atoms in total. The maximum Gasteiger partial charge on any atom is 0.303 e. The van der Waals surface area contributed by atoms with Gasteiger partial charge in [-0.25, -0.2) is 0 Å². The first kappa shape index (κ1) is 74.6. The Morgan fingerprint density at radius 3 is 1.29 bits per heavy atom. The number of phenolic OH excluding ortho intramolecular Hbond substituents is 2. The van der Waals surface area contributed by atoms with Crippen LogP contribution in [-0.4, -0.2) is 187 Å². The number of unbranched alkanes of at least 4 members (excludes halogenated alkanes) is 12. The minimum Gasteiger partial charge on any atom is -0.507 e. The van der Waals surface area contributed by atoms with Crippen molar-refractivity contribution in [1.82, 2.24) is 51.0 Å². The second-order valence-corrected chi connectivity index (χ2v) is 25.9. The smallest absolute Gasteiger partial charge is 0.303 e. The predicted molar refractivity (Wildman–Crippen MR) is 380 cm³/mol. The van der Waals surface area contributed by atoms with Gasteiger partial charge in [-0.15, -0.1) is 20.4 Å². The number of carbonyl (C=O) groups excluding carboxylic acids is 9. The number of para-hydroxylation sites is 2. The van der Waals surface area contributed by atoms with Crippen LogP contribution in [0.15, 0.2) is 97.1 Å². The van der Waals surface area contributed by atoms with Gasteiger partial charge in [-0.1, -0.05) is 101 Å². The molecule has 0 aliphatic carbocycles. The first-order chi connectivity index (χ1) is 49.9. The number of aromatic hydroxyl groups is 2. The zero-order chi connectivity index (χ0) is 72.9. The Balaban J connectivity index is 0.000000185. The van der Waals surface area contributed by atoms with Gasteiger partial charge in [0.1, 0.15) is 35.1 Å². The number of phenols is 2. The van der Waals surface area contributed by atoms with E-state index in [0.717, 1.165) is 131 Å². The van der Waals surface area contributed by atoms with Crippen molar-refractivity contribution in [2.45, 2.75) is 141 Å². The largest absolute Gasteiger partial charge is 0.507 e. The van der Waals surface area contributed by atoms with Crippen molar-refractivity contribution < 1.29 is 72.7 Å². The Morgan fingerprint density at radius 2 is 0.864 bits per heavy atom. The molecule has 9 amide bonds. The van der Waals surface area contributed by atoms with Gasteiger partial charge < -0.3 is 56.3 Å². The SMILES string of the molecule is Nc1nnc(-c2ccccc2O)cc1N1CCN(C(=O)CCCCCCCCCOc2cccc3c2C(=O)N(C2CCC(=O)NC2=O)C3=O)CC1.Nc1nnc(-c2ccccc2O)cc1N1CCNCC1.O=C(O)CCCCCCCCCOc1cccc2c1C(=O)N(C1CCC(=O)NC1=O)C2=O. The van der Waals surface area contributed by atoms with Crippen molar-refractivity contribution in [1.29, 1.82) is 0 Å². The van der Waals surface area contributed by atoms with E-state index in [0.29, 0.717) is 97.9 Å². The van der Waals surface area contributed by atoms with E-state index in [4.69, 9.17) is 26.0 Å². The van der Waals surface area contributed by atoms with Crippen molar-refractivity contribution in [3.05, 3.63) is 119 Å². The number of imide groups is 4. The van der Waals surface area contributed by atoms with Crippen LogP contribution < -0.4 is 46.7 Å². The number of carboxylic acids is 1. The molecule has 4 fully saturated rings. The summed E-state index contributed by atoms with van der Waals surface area (Å²) in [7, 11) is 0. The quantitative estimate of drug-likeness (QED) is 0.0178. The minimum atomic E-state index is -1.01. The number of piperazine rings is 2. The molecule has 2 aromatic heterocycles. The molecule has 0 spiro atoms. The number of amides is 9. The molecule has 4 aromatic carbocycles. The molecule has 0 radical (unpaired) electrons. The van der Waals surface area contributed by atoms with Crippen LogP contribution in [0, 0.1) is 0 Å². The van der Waals surface area contributed by atoms with E-state index >= 15 is 0 Å². The van der Waals surface area contributed by atoms with Crippen LogP contribution in [0.3, 0.4) is 0 Å². The highest BCUT2D eigenvalue weighted by Crippen LogP contribution is 2.38. The Kier molecular flexibility index (Phi) is 26.1. The number of ether oxygens (including phenoxy) is 2. The monoisotopic (exact) mass is 1410 g/mol. The number of nitrogens with two attached hydrogens (primary N) is 2. The van der Waals surface area contributed by atoms with E-state index in [1.165, 1.54) is 0 Å². The molecule has 544 valence electrons. The second kappa shape index (κ2) is 36.0. The van der Waals surface area contributed by atoms with Crippen LogP contribution in [0.5, 0.6) is 23.0 Å². The summed E-state index contributed by atoms with van der Waals surface area (Å²) in [5, 5.41) is 52.8. The third-order valence-electron chi connectivity index (χ3n) is 18.8. The van der Waals surface area contributed by atoms with Crippen molar-refractivity contribution in [2.24, 2.45) is 0 Å². The Hall–Kier alpha value is -11.1. The summed E-state index contributed by atoms with van der Waals surface area (Å²) in [5.41, 5.74) is 16.9. The van der Waals surface area contributed by atoms with Crippen LogP contribution >= 0.6 is 0 Å². The fourth-order valence-electron chi connectivity index (χ4n) is 13.3. The van der Waals surface area contributed by atoms with Crippen LogP contribution in [0.1, 0.15) is 170 Å². The van der Waals surface area contributed by atoms with Crippen LogP contribution in [0.2, 0.25) is 0 Å². The number of carbonyl (C=O) groups is 10. The first-order valence-corrected chi connectivity index (χ1v) is 35.4. The van der Waals surface area contributed by atoms with Crippen LogP contribution in [0.25, 0.3) is 22.5 Å². The lowest BCUT2D eigenvalue weighted by molar-refractivity contribution is -0.138. The molecule has 8 heterocycles. The molecule has 2 unspecified atom stereocenters. The Labute approximate surface area is 595 Å². The number of hydrogen-bond acceptors (Lipinski definition) is 23. The van der Waals surface area contributed by atoms with Gasteiger partial charge >= 0.3 is 5.97 Å². The molecule has 0 bridgehead atoms. The topological polar surface area (TPSA) is 406 Å². The van der Waals surface area contributed by atoms with E-state index in [9.17, 15) is 58.2 Å². The standard InChI is InChI=1S/C37H43N7O7.C23H28N2O7.C14H17N5O/c38-34-28(23-26(40-41-34)24-11-7-8-13-29(24)45)42-18-20-43(21-19-42)32(47)15-6-4-2-1-3-5-9-22-51-30-14-10-12-25-33(30)37(50)44(36(25)49)27-16-17-31(46)39-35(27)48;26-18-13-12-16(21(29)24-18)25-22(30)15-9-8-10-17(20(15)23(25)31)32-14-7-5-3-1-2-4-6-11-19(27)28;15-14-12(19-7-5-16-6-8-19)9-11(17-18-14)10-3-1-2-4-13(10)20/h7-8,10-14,23,27,45H,1-6,9,15-22H2,(H2,38,41)(H,39,46,48);8-10,16H,1-7,11-14H2,(H,27,28)(H,24,26,29);1-4,9,16,20H,5-8H2,(H2,15,18). The summed E-state index contributed by atoms with van der Waals surface area (Å²) in [6, 6.07) is 25.5. The summed E-state index contributed by atoms with van der Waals surface area (Å²) in [6.07, 6.45) is 14.2.